The van der Waals surface area contributed by atoms with Crippen molar-refractivity contribution in [2.45, 2.75) is 12.5 Å². The first kappa shape index (κ1) is 19.9. The summed E-state index contributed by atoms with van der Waals surface area (Å²) in [5.41, 5.74) is 4.29. The lowest BCUT2D eigenvalue weighted by atomic mass is 9.83. The second-order valence-electron chi connectivity index (χ2n) is 7.43. The highest BCUT2D eigenvalue weighted by Crippen LogP contribution is 2.39. The van der Waals surface area contributed by atoms with Gasteiger partial charge in [0.15, 0.2) is 17.8 Å². The van der Waals surface area contributed by atoms with Crippen LogP contribution in [0.5, 0.6) is 0 Å². The molecule has 0 radical (unpaired) electrons. The van der Waals surface area contributed by atoms with Crippen molar-refractivity contribution in [2.75, 3.05) is 0 Å². The molecule has 2 aromatic carbocycles. The molecule has 0 atom stereocenters. The van der Waals surface area contributed by atoms with Crippen molar-refractivity contribution in [3.8, 4) is 0 Å². The number of carbonyl (C=O) groups is 1. The smallest absolute Gasteiger partial charge is 0.358 e. The zero-order valence-electron chi connectivity index (χ0n) is 16.7. The number of aromatic amines is 1. The number of carboxylic acid groups (broad SMARTS) is 1. The molecule has 2 heterocycles. The van der Waals surface area contributed by atoms with Crippen LogP contribution in [0, 0.1) is 4.64 Å². The lowest BCUT2D eigenvalue weighted by molar-refractivity contribution is 0.0688. The van der Waals surface area contributed by atoms with Gasteiger partial charge >= 0.3 is 11.7 Å². The lowest BCUT2D eigenvalue weighted by Gasteiger charge is -2.21. The summed E-state index contributed by atoms with van der Waals surface area (Å²) in [4.78, 5) is 30.5. The SMILES string of the molecule is O=C(O)c1ncoc1Cn1cc(C2c3ccccc3C=Cc3ccccc32)c(=S)[nH]c1=O. The van der Waals surface area contributed by atoms with Crippen molar-refractivity contribution in [3.63, 3.8) is 0 Å². The minimum Gasteiger partial charge on any atom is -0.476 e. The van der Waals surface area contributed by atoms with E-state index in [4.69, 9.17) is 16.6 Å². The fourth-order valence-corrected chi connectivity index (χ4v) is 4.35. The standard InChI is InChI=1S/C24H17N3O4S/c28-23(29)21-19(31-13-25-21)12-27-11-18(22(32)26-24(27)30)20-16-7-3-1-5-14(16)9-10-15-6-2-4-8-17(15)20/h1-11,13,20H,12H2,(H,28,29)(H,26,30,32). The Morgan fingerprint density at radius 3 is 2.31 bits per heavy atom. The van der Waals surface area contributed by atoms with Gasteiger partial charge in [-0.2, -0.15) is 0 Å². The molecular weight excluding hydrogens is 426 g/mol. The number of hydrogen-bond acceptors (Lipinski definition) is 5. The van der Waals surface area contributed by atoms with Crippen LogP contribution in [0.3, 0.4) is 0 Å². The molecule has 0 unspecified atom stereocenters. The molecule has 1 aliphatic carbocycles. The summed E-state index contributed by atoms with van der Waals surface area (Å²) in [7, 11) is 0. The number of fused-ring (bicyclic) bond motifs is 2. The van der Waals surface area contributed by atoms with Crippen LogP contribution in [0.15, 0.2) is 70.3 Å². The number of nitrogens with zero attached hydrogens (tertiary/aromatic N) is 2. The number of carboxylic acids is 1. The van der Waals surface area contributed by atoms with Crippen molar-refractivity contribution in [3.05, 3.63) is 116 Å². The minimum absolute atomic E-state index is 0.0828. The van der Waals surface area contributed by atoms with Crippen molar-refractivity contribution < 1.29 is 14.3 Å². The zero-order valence-corrected chi connectivity index (χ0v) is 17.5. The molecule has 1 aliphatic rings. The topological polar surface area (TPSA) is 101 Å². The van der Waals surface area contributed by atoms with Gasteiger partial charge in [-0.15, -0.1) is 0 Å². The molecule has 0 saturated heterocycles. The highest BCUT2D eigenvalue weighted by molar-refractivity contribution is 7.71. The van der Waals surface area contributed by atoms with E-state index >= 15 is 0 Å². The molecule has 2 N–H and O–H groups in total. The van der Waals surface area contributed by atoms with Gasteiger partial charge in [-0.3, -0.25) is 9.55 Å². The van der Waals surface area contributed by atoms with Gasteiger partial charge in [-0.05, 0) is 22.3 Å². The minimum atomic E-state index is -1.22. The Morgan fingerprint density at radius 2 is 1.69 bits per heavy atom. The van der Waals surface area contributed by atoms with Crippen LogP contribution in [0.2, 0.25) is 0 Å². The molecule has 32 heavy (non-hydrogen) atoms. The zero-order chi connectivity index (χ0) is 22.2. The van der Waals surface area contributed by atoms with E-state index in [-0.39, 0.29) is 23.9 Å². The average molecular weight is 443 g/mol. The molecule has 7 nitrogen and oxygen atoms in total. The van der Waals surface area contributed by atoms with Crippen molar-refractivity contribution in [1.29, 1.82) is 0 Å². The lowest BCUT2D eigenvalue weighted by Crippen LogP contribution is -2.26. The van der Waals surface area contributed by atoms with Crippen LogP contribution in [0.25, 0.3) is 12.2 Å². The Bertz CT molecular complexity index is 1450. The summed E-state index contributed by atoms with van der Waals surface area (Å²) in [6, 6.07) is 16.1. The van der Waals surface area contributed by atoms with Gasteiger partial charge in [0.05, 0.1) is 6.54 Å². The maximum Gasteiger partial charge on any atom is 0.358 e. The van der Waals surface area contributed by atoms with Gasteiger partial charge in [-0.1, -0.05) is 72.9 Å². The molecule has 0 amide bonds. The van der Waals surface area contributed by atoms with Gasteiger partial charge in [0, 0.05) is 17.7 Å². The molecule has 4 aromatic rings. The third-order valence-electron chi connectivity index (χ3n) is 5.56. The highest BCUT2D eigenvalue weighted by atomic mass is 32.1. The number of nitrogens with one attached hydrogen (secondary N) is 1. The fraction of sp³-hybridized carbons (Fsp3) is 0.0833. The molecule has 0 spiro atoms. The van der Waals surface area contributed by atoms with Gasteiger partial charge in [0.25, 0.3) is 0 Å². The molecular formula is C24H17N3O4S. The third kappa shape index (κ3) is 3.40. The predicted molar refractivity (Wildman–Crippen MR) is 121 cm³/mol. The molecule has 0 aliphatic heterocycles. The molecule has 0 saturated carbocycles. The van der Waals surface area contributed by atoms with E-state index in [0.29, 0.717) is 4.64 Å². The Kier molecular flexibility index (Phi) is 4.91. The molecule has 158 valence electrons. The fourth-order valence-electron chi connectivity index (χ4n) is 4.09. The van der Waals surface area contributed by atoms with Crippen LogP contribution in [0.4, 0.5) is 0 Å². The van der Waals surface area contributed by atoms with E-state index in [1.54, 1.807) is 6.20 Å². The van der Waals surface area contributed by atoms with Crippen LogP contribution >= 0.6 is 12.2 Å². The Labute approximate surface area is 187 Å². The maximum atomic E-state index is 12.7. The number of aromatic nitrogens is 3. The van der Waals surface area contributed by atoms with Gasteiger partial charge in [0.2, 0.25) is 0 Å². The average Bonchev–Trinajstić information content (AvgIpc) is 3.18. The summed E-state index contributed by atoms with van der Waals surface area (Å²) < 4.78 is 6.93. The monoisotopic (exact) mass is 443 g/mol. The van der Waals surface area contributed by atoms with Crippen molar-refractivity contribution in [1.82, 2.24) is 14.5 Å². The second-order valence-corrected chi connectivity index (χ2v) is 7.83. The summed E-state index contributed by atoms with van der Waals surface area (Å²) in [5, 5.41) is 9.31. The van der Waals surface area contributed by atoms with E-state index in [1.165, 1.54) is 4.57 Å². The normalized spacial score (nSPS) is 12.8. The number of rotatable bonds is 4. The van der Waals surface area contributed by atoms with Crippen LogP contribution in [-0.2, 0) is 6.54 Å². The van der Waals surface area contributed by atoms with Gasteiger partial charge in [-0.25, -0.2) is 14.6 Å². The van der Waals surface area contributed by atoms with E-state index in [2.05, 4.69) is 34.3 Å². The number of aromatic carboxylic acids is 1. The number of hydrogen-bond donors (Lipinski definition) is 2. The number of oxazole rings is 1. The first-order chi connectivity index (χ1) is 15.5. The van der Waals surface area contributed by atoms with Crippen molar-refractivity contribution in [2.24, 2.45) is 0 Å². The summed E-state index contributed by atoms with van der Waals surface area (Å²) in [6.45, 7) is -0.0894. The molecule has 5 rings (SSSR count). The summed E-state index contributed by atoms with van der Waals surface area (Å²) >= 11 is 5.58. The van der Waals surface area contributed by atoms with Crippen LogP contribution in [0.1, 0.15) is 50.0 Å². The quantitative estimate of drug-likeness (QED) is 0.402. The Hall–Kier alpha value is -4.04. The first-order valence-electron chi connectivity index (χ1n) is 9.88. The Balaban J connectivity index is 1.70. The third-order valence-corrected chi connectivity index (χ3v) is 5.90. The molecule has 8 heteroatoms. The van der Waals surface area contributed by atoms with Gasteiger partial charge < -0.3 is 9.52 Å². The maximum absolute atomic E-state index is 12.7. The highest BCUT2D eigenvalue weighted by Gasteiger charge is 2.25. The van der Waals surface area contributed by atoms with Crippen LogP contribution < -0.4 is 5.69 Å². The predicted octanol–water partition coefficient (Wildman–Crippen LogP) is 4.30. The largest absolute Gasteiger partial charge is 0.476 e. The van der Waals surface area contributed by atoms with E-state index in [9.17, 15) is 14.7 Å². The number of benzene rings is 2. The Morgan fingerprint density at radius 1 is 1.06 bits per heavy atom. The van der Waals surface area contributed by atoms with E-state index < -0.39 is 11.7 Å². The summed E-state index contributed by atoms with van der Waals surface area (Å²) in [5.74, 6) is -1.36. The molecule has 0 bridgehead atoms. The first-order valence-corrected chi connectivity index (χ1v) is 10.3. The van der Waals surface area contributed by atoms with Crippen LogP contribution in [-0.4, -0.2) is 25.6 Å². The molecule has 0 fully saturated rings. The van der Waals surface area contributed by atoms with Gasteiger partial charge in [0.1, 0.15) is 4.64 Å². The summed E-state index contributed by atoms with van der Waals surface area (Å²) in [6.07, 6.45) is 6.88. The van der Waals surface area contributed by atoms with E-state index in [1.807, 2.05) is 36.4 Å². The van der Waals surface area contributed by atoms with E-state index in [0.717, 1.165) is 34.2 Å². The molecule has 2 aromatic heterocycles. The number of H-pyrrole nitrogens is 1. The van der Waals surface area contributed by atoms with Crippen molar-refractivity contribution >= 4 is 30.3 Å². The second kappa shape index (κ2) is 7.90.